The summed E-state index contributed by atoms with van der Waals surface area (Å²) in [5.41, 5.74) is 7.54. The highest BCUT2D eigenvalue weighted by Gasteiger charge is 2.47. The molecule has 212 valence electrons. The Labute approximate surface area is 228 Å². The van der Waals surface area contributed by atoms with Gasteiger partial charge in [0.25, 0.3) is 0 Å². The number of carboxylic acids is 1. The van der Waals surface area contributed by atoms with Crippen LogP contribution in [0.3, 0.4) is 0 Å². The maximum absolute atomic E-state index is 13.9. The number of amides is 2. The minimum atomic E-state index is -1.04. The number of hydrogen-bond acceptors (Lipinski definition) is 4. The van der Waals surface area contributed by atoms with Crippen molar-refractivity contribution in [3.8, 4) is 0 Å². The zero-order chi connectivity index (χ0) is 27.5. The van der Waals surface area contributed by atoms with E-state index >= 15 is 0 Å². The number of alkyl halides is 1. The number of carbonyl (C=O) groups excluding carboxylic acids is 2. The summed E-state index contributed by atoms with van der Waals surface area (Å²) in [7, 11) is 0. The van der Waals surface area contributed by atoms with Gasteiger partial charge in [0.15, 0.2) is 0 Å². The second-order valence-electron chi connectivity index (χ2n) is 11.9. The molecule has 1 aliphatic heterocycles. The molecule has 1 aromatic carbocycles. The van der Waals surface area contributed by atoms with Crippen molar-refractivity contribution < 1.29 is 23.9 Å². The molecule has 5 rings (SSSR count). The highest BCUT2D eigenvalue weighted by atomic mass is 19.1. The summed E-state index contributed by atoms with van der Waals surface area (Å²) >= 11 is 0. The molecule has 1 saturated heterocycles. The van der Waals surface area contributed by atoms with Crippen molar-refractivity contribution in [3.63, 3.8) is 0 Å². The number of H-pyrrole nitrogens is 1. The van der Waals surface area contributed by atoms with Crippen LogP contribution in [-0.2, 0) is 9.59 Å². The molecule has 2 heterocycles. The van der Waals surface area contributed by atoms with Crippen LogP contribution < -0.4 is 11.1 Å². The van der Waals surface area contributed by atoms with Gasteiger partial charge in [-0.3, -0.25) is 14.0 Å². The first-order chi connectivity index (χ1) is 18.9. The number of carbonyl (C=O) groups is 3. The molecule has 2 amide bonds. The number of nitrogens with two attached hydrogens (primary N) is 1. The fourth-order valence-electron chi connectivity index (χ4n) is 7.39. The van der Waals surface area contributed by atoms with E-state index < -0.39 is 18.7 Å². The number of aromatic amines is 1. The molecule has 2 aromatic rings. The minimum absolute atomic E-state index is 0.0677. The van der Waals surface area contributed by atoms with Crippen molar-refractivity contribution >= 4 is 34.4 Å². The van der Waals surface area contributed by atoms with Gasteiger partial charge in [-0.15, -0.1) is 0 Å². The van der Waals surface area contributed by atoms with Crippen molar-refractivity contribution in [1.82, 2.24) is 9.88 Å². The van der Waals surface area contributed by atoms with Gasteiger partial charge in [-0.2, -0.15) is 0 Å². The highest BCUT2D eigenvalue weighted by molar-refractivity contribution is 6.00. The number of aromatic carboxylic acids is 1. The third-order valence-corrected chi connectivity index (χ3v) is 9.54. The Hall–Kier alpha value is -2.94. The SMILES string of the molecule is N[C@H](CCF)[C@H]1CC[C@H](C(=O)N2CC[C@@H](C3CCCCC3)[C@H]2C(=O)Nc2ccc3[nH]c(C(=O)O)cc3c2)CC1. The number of nitrogens with zero attached hydrogens (tertiary/aromatic N) is 1. The summed E-state index contributed by atoms with van der Waals surface area (Å²) in [6, 6.07) is 6.19. The largest absolute Gasteiger partial charge is 0.477 e. The second-order valence-corrected chi connectivity index (χ2v) is 11.9. The number of rotatable bonds is 8. The Bertz CT molecular complexity index is 1180. The van der Waals surface area contributed by atoms with Gasteiger partial charge in [0, 0.05) is 35.1 Å². The first-order valence-electron chi connectivity index (χ1n) is 14.6. The van der Waals surface area contributed by atoms with Crippen LogP contribution in [0.4, 0.5) is 10.1 Å². The third kappa shape index (κ3) is 5.98. The molecule has 0 bridgehead atoms. The fraction of sp³-hybridized carbons (Fsp3) is 0.633. The third-order valence-electron chi connectivity index (χ3n) is 9.54. The van der Waals surface area contributed by atoms with E-state index in [0.29, 0.717) is 35.5 Å². The highest BCUT2D eigenvalue weighted by Crippen LogP contribution is 2.41. The van der Waals surface area contributed by atoms with Crippen molar-refractivity contribution in [2.75, 3.05) is 18.5 Å². The molecule has 1 aromatic heterocycles. The summed E-state index contributed by atoms with van der Waals surface area (Å²) in [4.78, 5) is 43.8. The van der Waals surface area contributed by atoms with Crippen LogP contribution in [0.5, 0.6) is 0 Å². The lowest BCUT2D eigenvalue weighted by Crippen LogP contribution is -2.50. The monoisotopic (exact) mass is 540 g/mol. The van der Waals surface area contributed by atoms with Crippen LogP contribution in [-0.4, -0.2) is 58.1 Å². The van der Waals surface area contributed by atoms with E-state index in [4.69, 9.17) is 5.73 Å². The molecule has 8 nitrogen and oxygen atoms in total. The van der Waals surface area contributed by atoms with Crippen LogP contribution in [0.15, 0.2) is 24.3 Å². The van der Waals surface area contributed by atoms with Crippen LogP contribution >= 0.6 is 0 Å². The number of likely N-dealkylation sites (tertiary alicyclic amines) is 1. The quantitative estimate of drug-likeness (QED) is 0.371. The standard InChI is InChI=1S/C30H41FN4O4/c31-14-12-24(32)19-6-8-20(9-7-19)29(37)35-15-13-23(18-4-2-1-3-5-18)27(35)28(36)33-22-10-11-25-21(16-22)17-26(34-25)30(38)39/h10-11,16-20,23-24,27,34H,1-9,12-15,32H2,(H,33,36)(H,38,39)/t19-,20-,23-,24+,27-/m0/s1. The molecule has 0 radical (unpaired) electrons. The van der Waals surface area contributed by atoms with E-state index in [1.807, 2.05) is 4.90 Å². The lowest BCUT2D eigenvalue weighted by Gasteiger charge is -2.37. The van der Waals surface area contributed by atoms with Gasteiger partial charge in [-0.05, 0) is 80.5 Å². The summed E-state index contributed by atoms with van der Waals surface area (Å²) in [5.74, 6) is -0.426. The summed E-state index contributed by atoms with van der Waals surface area (Å²) in [6.07, 6.45) is 10.1. The Kier molecular flexibility index (Phi) is 8.54. The Morgan fingerprint density at radius 1 is 1.05 bits per heavy atom. The average Bonchev–Trinajstić information content (AvgIpc) is 3.58. The lowest BCUT2D eigenvalue weighted by atomic mass is 9.76. The minimum Gasteiger partial charge on any atom is -0.477 e. The smallest absolute Gasteiger partial charge is 0.352 e. The molecule has 0 unspecified atom stereocenters. The van der Waals surface area contributed by atoms with E-state index in [9.17, 15) is 23.9 Å². The molecule has 9 heteroatoms. The molecule has 2 aliphatic carbocycles. The molecule has 5 N–H and O–H groups in total. The Morgan fingerprint density at radius 3 is 2.49 bits per heavy atom. The number of halogens is 1. The van der Waals surface area contributed by atoms with E-state index in [0.717, 1.165) is 44.9 Å². The first-order valence-corrected chi connectivity index (χ1v) is 14.6. The molecule has 0 spiro atoms. The summed E-state index contributed by atoms with van der Waals surface area (Å²) < 4.78 is 12.8. The van der Waals surface area contributed by atoms with Crippen LogP contribution in [0.1, 0.15) is 81.1 Å². The van der Waals surface area contributed by atoms with Crippen molar-refractivity contribution in [2.24, 2.45) is 29.4 Å². The molecular formula is C30H41FN4O4. The van der Waals surface area contributed by atoms with Crippen LogP contribution in [0, 0.1) is 23.7 Å². The van der Waals surface area contributed by atoms with E-state index in [1.165, 1.54) is 19.3 Å². The molecule has 3 aliphatic rings. The molecule has 3 atom stereocenters. The zero-order valence-corrected chi connectivity index (χ0v) is 22.5. The number of benzene rings is 1. The van der Waals surface area contributed by atoms with E-state index in [-0.39, 0.29) is 41.3 Å². The lowest BCUT2D eigenvalue weighted by molar-refractivity contribution is -0.142. The number of anilines is 1. The van der Waals surface area contributed by atoms with Gasteiger partial charge in [-0.25, -0.2) is 4.79 Å². The zero-order valence-electron chi connectivity index (χ0n) is 22.5. The van der Waals surface area contributed by atoms with E-state index in [1.54, 1.807) is 24.3 Å². The topological polar surface area (TPSA) is 129 Å². The van der Waals surface area contributed by atoms with Crippen molar-refractivity contribution in [3.05, 3.63) is 30.0 Å². The number of carboxylic acid groups (broad SMARTS) is 1. The van der Waals surface area contributed by atoms with Gasteiger partial charge in [0.1, 0.15) is 11.7 Å². The van der Waals surface area contributed by atoms with Crippen molar-refractivity contribution in [2.45, 2.75) is 82.7 Å². The fourth-order valence-corrected chi connectivity index (χ4v) is 7.39. The summed E-state index contributed by atoms with van der Waals surface area (Å²) in [5, 5.41) is 13.1. The molecule has 39 heavy (non-hydrogen) atoms. The predicted octanol–water partition coefficient (Wildman–Crippen LogP) is 5.10. The van der Waals surface area contributed by atoms with Gasteiger partial charge in [0.05, 0.1) is 6.67 Å². The molecular weight excluding hydrogens is 499 g/mol. The summed E-state index contributed by atoms with van der Waals surface area (Å²) in [6.45, 7) is 0.184. The van der Waals surface area contributed by atoms with Gasteiger partial charge < -0.3 is 26.0 Å². The Morgan fingerprint density at radius 2 is 1.79 bits per heavy atom. The van der Waals surface area contributed by atoms with Gasteiger partial charge >= 0.3 is 5.97 Å². The number of aromatic nitrogens is 1. The number of fused-ring (bicyclic) bond motifs is 1. The van der Waals surface area contributed by atoms with Crippen LogP contribution in [0.2, 0.25) is 0 Å². The maximum atomic E-state index is 13.9. The van der Waals surface area contributed by atoms with Crippen molar-refractivity contribution in [1.29, 1.82) is 0 Å². The maximum Gasteiger partial charge on any atom is 0.352 e. The second kappa shape index (κ2) is 12.1. The van der Waals surface area contributed by atoms with Gasteiger partial charge in [-0.1, -0.05) is 32.1 Å². The molecule has 3 fully saturated rings. The van der Waals surface area contributed by atoms with Gasteiger partial charge in [0.2, 0.25) is 11.8 Å². The number of nitrogens with one attached hydrogen (secondary N) is 2. The number of hydrogen-bond donors (Lipinski definition) is 4. The van der Waals surface area contributed by atoms with Crippen LogP contribution in [0.25, 0.3) is 10.9 Å². The first kappa shape index (κ1) is 27.6. The normalized spacial score (nSPS) is 27.0. The molecule has 2 saturated carbocycles. The average molecular weight is 541 g/mol. The Balaban J connectivity index is 1.32. The predicted molar refractivity (Wildman–Crippen MR) is 148 cm³/mol. The van der Waals surface area contributed by atoms with E-state index in [2.05, 4.69) is 10.3 Å².